The number of hydrogen-bond acceptors (Lipinski definition) is 0. The molecule has 0 spiro atoms. The van der Waals surface area contributed by atoms with E-state index in [0.29, 0.717) is 0 Å². The lowest BCUT2D eigenvalue weighted by Gasteiger charge is -2.26. The lowest BCUT2D eigenvalue weighted by Crippen LogP contribution is -2.12. The summed E-state index contributed by atoms with van der Waals surface area (Å²) >= 11 is 0. The fourth-order valence-corrected chi connectivity index (χ4v) is 3.02. The predicted octanol–water partition coefficient (Wildman–Crippen LogP) is 5.23. The van der Waals surface area contributed by atoms with Gasteiger partial charge in [0.1, 0.15) is 0 Å². The van der Waals surface area contributed by atoms with Gasteiger partial charge in [0, 0.05) is 0 Å². The van der Waals surface area contributed by atoms with Crippen molar-refractivity contribution in [3.8, 4) is 0 Å². The van der Waals surface area contributed by atoms with Crippen LogP contribution in [0.25, 0.3) is 0 Å². The van der Waals surface area contributed by atoms with Gasteiger partial charge in [0.05, 0.1) is 0 Å². The zero-order valence-corrected chi connectivity index (χ0v) is 11.2. The fourth-order valence-electron chi connectivity index (χ4n) is 3.02. The Morgan fingerprint density at radius 3 is 2.35 bits per heavy atom. The summed E-state index contributed by atoms with van der Waals surface area (Å²) in [4.78, 5) is 0. The van der Waals surface area contributed by atoms with E-state index in [1.807, 2.05) is 0 Å². The summed E-state index contributed by atoms with van der Waals surface area (Å²) < 4.78 is 0. The van der Waals surface area contributed by atoms with E-state index >= 15 is 0 Å². The summed E-state index contributed by atoms with van der Waals surface area (Å²) in [7, 11) is 0. The smallest absolute Gasteiger partial charge is 0.0279 e. The standard InChI is InChI=1S/C17H26/c1-15-11-13-17(14-12-15)10-6-5-9-16-7-3-2-4-8-16/h2-4,7-8,15,17H,5-6,9-14H2,1H3. The highest BCUT2D eigenvalue weighted by Gasteiger charge is 2.17. The van der Waals surface area contributed by atoms with Crippen molar-refractivity contribution in [3.05, 3.63) is 35.9 Å². The third-order valence-corrected chi connectivity index (χ3v) is 4.31. The molecule has 0 aromatic heterocycles. The summed E-state index contributed by atoms with van der Waals surface area (Å²) in [5, 5.41) is 0. The molecule has 1 aromatic rings. The zero-order chi connectivity index (χ0) is 11.9. The second-order valence-electron chi connectivity index (χ2n) is 5.86. The summed E-state index contributed by atoms with van der Waals surface area (Å²) in [6, 6.07) is 10.9. The molecule has 0 unspecified atom stereocenters. The van der Waals surface area contributed by atoms with E-state index in [2.05, 4.69) is 37.3 Å². The minimum atomic E-state index is 0.996. The first kappa shape index (κ1) is 12.7. The van der Waals surface area contributed by atoms with Crippen molar-refractivity contribution >= 4 is 0 Å². The predicted molar refractivity (Wildman–Crippen MR) is 75.1 cm³/mol. The maximum atomic E-state index is 2.41. The first-order valence-electron chi connectivity index (χ1n) is 7.38. The molecule has 0 atom stereocenters. The molecule has 0 heteroatoms. The second kappa shape index (κ2) is 6.83. The van der Waals surface area contributed by atoms with Crippen LogP contribution in [0.1, 0.15) is 57.4 Å². The van der Waals surface area contributed by atoms with Gasteiger partial charge in [-0.2, -0.15) is 0 Å². The minimum absolute atomic E-state index is 0.996. The van der Waals surface area contributed by atoms with Gasteiger partial charge in [-0.1, -0.05) is 75.8 Å². The molecule has 0 radical (unpaired) electrons. The van der Waals surface area contributed by atoms with Crippen LogP contribution >= 0.6 is 0 Å². The van der Waals surface area contributed by atoms with Crippen molar-refractivity contribution in [2.45, 2.75) is 58.3 Å². The van der Waals surface area contributed by atoms with Crippen molar-refractivity contribution in [3.63, 3.8) is 0 Å². The Bertz CT molecular complexity index is 293. The second-order valence-corrected chi connectivity index (χ2v) is 5.86. The van der Waals surface area contributed by atoms with Crippen LogP contribution in [0, 0.1) is 11.8 Å². The average Bonchev–Trinajstić information content (AvgIpc) is 2.38. The minimum Gasteiger partial charge on any atom is -0.0625 e. The number of unbranched alkanes of at least 4 members (excludes halogenated alkanes) is 1. The van der Waals surface area contributed by atoms with Gasteiger partial charge in [-0.25, -0.2) is 0 Å². The quantitative estimate of drug-likeness (QED) is 0.608. The third kappa shape index (κ3) is 4.53. The van der Waals surface area contributed by atoms with Crippen LogP contribution in [-0.2, 0) is 6.42 Å². The van der Waals surface area contributed by atoms with E-state index in [1.165, 1.54) is 56.9 Å². The molecule has 17 heavy (non-hydrogen) atoms. The molecule has 0 N–H and O–H groups in total. The molecule has 1 fully saturated rings. The summed E-state index contributed by atoms with van der Waals surface area (Å²) in [6.45, 7) is 2.41. The maximum absolute atomic E-state index is 2.41. The lowest BCUT2D eigenvalue weighted by atomic mass is 9.80. The van der Waals surface area contributed by atoms with Gasteiger partial charge < -0.3 is 0 Å². The summed E-state index contributed by atoms with van der Waals surface area (Å²) in [5.74, 6) is 2.04. The van der Waals surface area contributed by atoms with Crippen LogP contribution in [0.4, 0.5) is 0 Å². The molecule has 2 rings (SSSR count). The van der Waals surface area contributed by atoms with Gasteiger partial charge in [-0.05, 0) is 30.2 Å². The van der Waals surface area contributed by atoms with Gasteiger partial charge in [-0.3, -0.25) is 0 Å². The molecule has 1 saturated carbocycles. The van der Waals surface area contributed by atoms with E-state index in [1.54, 1.807) is 0 Å². The fraction of sp³-hybridized carbons (Fsp3) is 0.647. The lowest BCUT2D eigenvalue weighted by molar-refractivity contribution is 0.272. The van der Waals surface area contributed by atoms with Crippen molar-refractivity contribution in [2.24, 2.45) is 11.8 Å². The molecule has 0 heterocycles. The molecule has 1 aromatic carbocycles. The summed E-state index contributed by atoms with van der Waals surface area (Å²) in [6.07, 6.45) is 11.5. The Hall–Kier alpha value is -0.780. The monoisotopic (exact) mass is 230 g/mol. The highest BCUT2D eigenvalue weighted by atomic mass is 14.2. The van der Waals surface area contributed by atoms with Crippen molar-refractivity contribution in [2.75, 3.05) is 0 Å². The van der Waals surface area contributed by atoms with Gasteiger partial charge in [0.15, 0.2) is 0 Å². The molecular formula is C17H26. The van der Waals surface area contributed by atoms with E-state index in [9.17, 15) is 0 Å². The van der Waals surface area contributed by atoms with E-state index < -0.39 is 0 Å². The Kier molecular flexibility index (Phi) is 5.09. The van der Waals surface area contributed by atoms with E-state index in [0.717, 1.165) is 11.8 Å². The Morgan fingerprint density at radius 2 is 1.65 bits per heavy atom. The van der Waals surface area contributed by atoms with E-state index in [4.69, 9.17) is 0 Å². The van der Waals surface area contributed by atoms with E-state index in [-0.39, 0.29) is 0 Å². The molecule has 0 saturated heterocycles. The Morgan fingerprint density at radius 1 is 0.941 bits per heavy atom. The van der Waals surface area contributed by atoms with Crippen LogP contribution < -0.4 is 0 Å². The van der Waals surface area contributed by atoms with Crippen molar-refractivity contribution < 1.29 is 0 Å². The first-order valence-corrected chi connectivity index (χ1v) is 7.38. The van der Waals surface area contributed by atoms with Crippen molar-refractivity contribution in [1.29, 1.82) is 0 Å². The highest BCUT2D eigenvalue weighted by Crippen LogP contribution is 2.31. The molecule has 0 amide bonds. The number of aryl methyl sites for hydroxylation is 1. The third-order valence-electron chi connectivity index (χ3n) is 4.31. The van der Waals surface area contributed by atoms with Crippen LogP contribution in [0.15, 0.2) is 30.3 Å². The van der Waals surface area contributed by atoms with Crippen LogP contribution in [0.3, 0.4) is 0 Å². The number of hydrogen-bond donors (Lipinski definition) is 0. The number of rotatable bonds is 5. The molecule has 0 aliphatic heterocycles. The van der Waals surface area contributed by atoms with Gasteiger partial charge in [0.25, 0.3) is 0 Å². The maximum Gasteiger partial charge on any atom is -0.0279 e. The first-order chi connectivity index (χ1) is 8.34. The topological polar surface area (TPSA) is 0 Å². The SMILES string of the molecule is CC1CCC(CCCCc2ccccc2)CC1. The Balaban J connectivity index is 1.57. The molecule has 0 bridgehead atoms. The summed E-state index contributed by atoms with van der Waals surface area (Å²) in [5.41, 5.74) is 1.50. The number of benzene rings is 1. The van der Waals surface area contributed by atoms with Crippen molar-refractivity contribution in [1.82, 2.24) is 0 Å². The molecule has 1 aliphatic carbocycles. The average molecular weight is 230 g/mol. The molecule has 0 nitrogen and oxygen atoms in total. The highest BCUT2D eigenvalue weighted by molar-refractivity contribution is 5.14. The van der Waals surface area contributed by atoms with Crippen LogP contribution in [-0.4, -0.2) is 0 Å². The Labute approximate surface area is 106 Å². The van der Waals surface area contributed by atoms with Crippen LogP contribution in [0.5, 0.6) is 0 Å². The molecule has 1 aliphatic rings. The normalized spacial score (nSPS) is 24.8. The van der Waals surface area contributed by atoms with Gasteiger partial charge >= 0.3 is 0 Å². The zero-order valence-electron chi connectivity index (χ0n) is 11.2. The van der Waals surface area contributed by atoms with Gasteiger partial charge in [-0.15, -0.1) is 0 Å². The van der Waals surface area contributed by atoms with Gasteiger partial charge in [0.2, 0.25) is 0 Å². The largest absolute Gasteiger partial charge is 0.0625 e. The van der Waals surface area contributed by atoms with Crippen LogP contribution in [0.2, 0.25) is 0 Å². The molecule has 94 valence electrons. The molecular weight excluding hydrogens is 204 g/mol.